The molecule has 0 saturated heterocycles. The summed E-state index contributed by atoms with van der Waals surface area (Å²) < 4.78 is 28.1. The fourth-order valence-electron chi connectivity index (χ4n) is 1.76. The summed E-state index contributed by atoms with van der Waals surface area (Å²) in [6.45, 7) is 0.259. The van der Waals surface area contributed by atoms with Gasteiger partial charge in [-0.1, -0.05) is 11.6 Å². The summed E-state index contributed by atoms with van der Waals surface area (Å²) in [4.78, 5) is 15.8. The number of quaternary nitrogens is 1. The molecule has 2 rings (SSSR count). The maximum absolute atomic E-state index is 11.8. The molecule has 0 bridgehead atoms. The Kier molecular flexibility index (Phi) is 4.71. The lowest BCUT2D eigenvalue weighted by Crippen LogP contribution is -2.51. The second-order valence-corrected chi connectivity index (χ2v) is 6.17. The fourth-order valence-corrected chi connectivity index (χ4v) is 2.86. The molecule has 0 radical (unpaired) electrons. The Morgan fingerprint density at radius 1 is 1.45 bits per heavy atom. The molecule has 0 saturated carbocycles. The maximum atomic E-state index is 11.8. The molecule has 6 N–H and O–H groups in total. The van der Waals surface area contributed by atoms with Gasteiger partial charge >= 0.3 is 5.97 Å². The van der Waals surface area contributed by atoms with Crippen LogP contribution >= 0.6 is 11.6 Å². The van der Waals surface area contributed by atoms with Gasteiger partial charge in [0.15, 0.2) is 0 Å². The average Bonchev–Trinajstić information content (AvgIpc) is 2.96. The van der Waals surface area contributed by atoms with E-state index in [0.717, 1.165) is 6.07 Å². The van der Waals surface area contributed by atoms with Crippen molar-refractivity contribution in [2.24, 2.45) is 5.14 Å². The predicted molar refractivity (Wildman–Crippen MR) is 77.2 cm³/mol. The number of primary sulfonamides is 1. The quantitative estimate of drug-likeness (QED) is 0.674. The second kappa shape index (κ2) is 6.36. The van der Waals surface area contributed by atoms with Crippen molar-refractivity contribution in [2.45, 2.75) is 11.4 Å². The number of hydrogen-bond acceptors (Lipinski definition) is 6. The lowest BCUT2D eigenvalue weighted by atomic mass is 10.1. The van der Waals surface area contributed by atoms with Gasteiger partial charge in [-0.15, -0.1) is 0 Å². The monoisotopic (exact) mass is 346 g/mol. The van der Waals surface area contributed by atoms with Crippen molar-refractivity contribution < 1.29 is 28.4 Å². The number of halogens is 1. The minimum Gasteiger partial charge on any atom is -0.467 e. The number of carbonyl (C=O) groups is 1. The van der Waals surface area contributed by atoms with Gasteiger partial charge < -0.3 is 9.73 Å². The first-order valence-corrected chi connectivity index (χ1v) is 7.84. The van der Waals surface area contributed by atoms with Crippen LogP contribution in [0.4, 0.5) is 5.69 Å². The molecule has 0 unspecified atom stereocenters. The molecule has 22 heavy (non-hydrogen) atoms. The van der Waals surface area contributed by atoms with Gasteiger partial charge in [0.2, 0.25) is 10.0 Å². The Bertz CT molecular complexity index is 789. The zero-order chi connectivity index (χ0) is 16.3. The molecule has 1 heterocycles. The molecular formula is C12H13ClN3O5S+. The van der Waals surface area contributed by atoms with Crippen LogP contribution in [0.2, 0.25) is 5.02 Å². The summed E-state index contributed by atoms with van der Waals surface area (Å²) >= 11 is 5.90. The number of sulfonamides is 1. The number of nitrogens with two attached hydrogens (primary N) is 1. The predicted octanol–water partition coefficient (Wildman–Crippen LogP) is 0.506. The van der Waals surface area contributed by atoms with Gasteiger partial charge in [-0.05, 0) is 24.3 Å². The van der Waals surface area contributed by atoms with Gasteiger partial charge in [0.1, 0.15) is 10.7 Å². The van der Waals surface area contributed by atoms with E-state index in [4.69, 9.17) is 21.2 Å². The number of benzene rings is 1. The van der Waals surface area contributed by atoms with Gasteiger partial charge in [-0.3, -0.25) is 4.84 Å². The highest BCUT2D eigenvalue weighted by Crippen LogP contribution is 2.29. The smallest absolute Gasteiger partial charge is 0.399 e. The number of carbonyl (C=O) groups excluding carboxylic acids is 1. The number of rotatable bonds is 5. The lowest BCUT2D eigenvalue weighted by molar-refractivity contribution is -0.653. The highest BCUT2D eigenvalue weighted by molar-refractivity contribution is 7.89. The van der Waals surface area contributed by atoms with Crippen LogP contribution in [0.15, 0.2) is 39.8 Å². The maximum Gasteiger partial charge on any atom is 0.399 e. The summed E-state index contributed by atoms with van der Waals surface area (Å²) in [5, 5.41) is 7.84. The van der Waals surface area contributed by atoms with Gasteiger partial charge in [-0.2, -0.15) is 5.90 Å². The first kappa shape index (κ1) is 16.3. The third-order valence-electron chi connectivity index (χ3n) is 2.76. The number of hydrogen-bond donors (Lipinski definition) is 3. The summed E-state index contributed by atoms with van der Waals surface area (Å²) in [6, 6.07) is 5.75. The van der Waals surface area contributed by atoms with Crippen LogP contribution in [0.25, 0.3) is 0 Å². The number of nitrogens with one attached hydrogen (secondary N) is 1. The van der Waals surface area contributed by atoms with E-state index in [1.54, 1.807) is 12.1 Å². The molecule has 0 aliphatic rings. The summed E-state index contributed by atoms with van der Waals surface area (Å²) in [7, 11) is -4.08. The van der Waals surface area contributed by atoms with Gasteiger partial charge in [0, 0.05) is 0 Å². The van der Waals surface area contributed by atoms with Gasteiger partial charge in [-0.25, -0.2) is 18.4 Å². The Morgan fingerprint density at radius 2 is 2.18 bits per heavy atom. The SMILES string of the molecule is NS(=O)(=O)c1cc(C(=O)O[NH3+])c(NCc2ccco2)cc1Cl. The molecule has 0 aliphatic heterocycles. The van der Waals surface area contributed by atoms with Crippen molar-refractivity contribution >= 4 is 33.3 Å². The minimum atomic E-state index is -4.08. The second-order valence-electron chi connectivity index (χ2n) is 4.24. The molecule has 118 valence electrons. The third-order valence-corrected chi connectivity index (χ3v) is 4.14. The van der Waals surface area contributed by atoms with Crippen molar-refractivity contribution in [3.05, 3.63) is 46.9 Å². The molecule has 0 aliphatic carbocycles. The largest absolute Gasteiger partial charge is 0.467 e. The van der Waals surface area contributed by atoms with Crippen LogP contribution in [0, 0.1) is 0 Å². The third kappa shape index (κ3) is 3.57. The highest BCUT2D eigenvalue weighted by Gasteiger charge is 2.22. The standard InChI is InChI=1S/C12H12ClN3O5S/c13-9-5-10(16-6-7-2-1-3-20-7)8(12(17)21-14)4-11(9)22(15,18)19/h1-5H,6H2,14H3,(H2-,15,16,17,18,19)/p+1. The van der Waals surface area contributed by atoms with Gasteiger partial charge in [0.25, 0.3) is 0 Å². The molecule has 2 aromatic rings. The zero-order valence-electron chi connectivity index (χ0n) is 11.2. The Labute approximate surface area is 131 Å². The van der Waals surface area contributed by atoms with E-state index >= 15 is 0 Å². The number of furan rings is 1. The van der Waals surface area contributed by atoms with E-state index < -0.39 is 16.0 Å². The first-order chi connectivity index (χ1) is 10.3. The minimum absolute atomic E-state index is 0.0602. The van der Waals surface area contributed by atoms with Crippen molar-refractivity contribution in [1.82, 2.24) is 0 Å². The molecule has 8 nitrogen and oxygen atoms in total. The average molecular weight is 347 g/mol. The molecular weight excluding hydrogens is 334 g/mol. The summed E-state index contributed by atoms with van der Waals surface area (Å²) in [6.07, 6.45) is 1.50. The van der Waals surface area contributed by atoms with Crippen molar-refractivity contribution in [1.29, 1.82) is 0 Å². The number of anilines is 1. The van der Waals surface area contributed by atoms with Crippen LogP contribution in [-0.4, -0.2) is 14.4 Å². The van der Waals surface area contributed by atoms with E-state index in [2.05, 4.69) is 16.1 Å². The molecule has 0 spiro atoms. The van der Waals surface area contributed by atoms with E-state index in [0.29, 0.717) is 5.76 Å². The van der Waals surface area contributed by atoms with Crippen LogP contribution in [0.3, 0.4) is 0 Å². The molecule has 1 aromatic heterocycles. The van der Waals surface area contributed by atoms with Crippen LogP contribution in [0.1, 0.15) is 16.1 Å². The van der Waals surface area contributed by atoms with Gasteiger partial charge in [0.05, 0.1) is 29.1 Å². The van der Waals surface area contributed by atoms with Crippen LogP contribution < -0.4 is 16.4 Å². The Morgan fingerprint density at radius 3 is 2.73 bits per heavy atom. The van der Waals surface area contributed by atoms with Crippen LogP contribution in [-0.2, 0) is 21.4 Å². The normalized spacial score (nSPS) is 11.2. The fraction of sp³-hybridized carbons (Fsp3) is 0.0833. The van der Waals surface area contributed by atoms with Crippen molar-refractivity contribution in [2.75, 3.05) is 5.32 Å². The zero-order valence-corrected chi connectivity index (χ0v) is 12.8. The van der Waals surface area contributed by atoms with E-state index in [9.17, 15) is 13.2 Å². The highest BCUT2D eigenvalue weighted by atomic mass is 35.5. The molecule has 0 atom stereocenters. The summed E-state index contributed by atoms with van der Waals surface area (Å²) in [5.74, 6) is 2.80. The molecule has 10 heteroatoms. The topological polar surface area (TPSA) is 139 Å². The van der Waals surface area contributed by atoms with Crippen molar-refractivity contribution in [3.8, 4) is 0 Å². The Hall–Kier alpha value is -2.07. The van der Waals surface area contributed by atoms with E-state index in [1.807, 2.05) is 0 Å². The first-order valence-electron chi connectivity index (χ1n) is 5.92. The molecule has 1 aromatic carbocycles. The van der Waals surface area contributed by atoms with Crippen molar-refractivity contribution in [3.63, 3.8) is 0 Å². The van der Waals surface area contributed by atoms with E-state index in [-0.39, 0.29) is 27.7 Å². The lowest BCUT2D eigenvalue weighted by Gasteiger charge is -2.11. The summed E-state index contributed by atoms with van der Waals surface area (Å²) in [5.41, 5.74) is 0.206. The Balaban J connectivity index is 2.43. The van der Waals surface area contributed by atoms with E-state index in [1.165, 1.54) is 12.3 Å². The molecule has 0 fully saturated rings. The molecule has 0 amide bonds. The van der Waals surface area contributed by atoms with Crippen LogP contribution in [0.5, 0.6) is 0 Å².